The first-order chi connectivity index (χ1) is 23.9. The quantitative estimate of drug-likeness (QED) is 0.0662. The number of anilines is 3. The SMILES string of the molecule is CC(C)Oc1ccc(NC(=O)c2c(F)c(F)c(F)c(F)c2F)cc1[CH]=[Ru]([Cl])[Cl].Cc1cc(C)c(N2[CH-]N(c3c(C)cc(C)cc3C)CC2)c(C)c1. The summed E-state index contributed by atoms with van der Waals surface area (Å²) in [5.41, 5.74) is 9.67. The fourth-order valence-corrected chi connectivity index (χ4v) is 8.02. The van der Waals surface area contributed by atoms with Gasteiger partial charge in [-0.2, -0.15) is 6.67 Å². The maximum atomic E-state index is 13.8. The number of hydrogen-bond donors (Lipinski definition) is 1. The van der Waals surface area contributed by atoms with Gasteiger partial charge in [0.05, 0.1) is 0 Å². The predicted octanol–water partition coefficient (Wildman–Crippen LogP) is 10.5. The van der Waals surface area contributed by atoms with Crippen molar-refractivity contribution >= 4 is 47.0 Å². The zero-order valence-corrected chi connectivity index (χ0v) is 32.6. The third-order valence-corrected chi connectivity index (χ3v) is 9.79. The number of rotatable bonds is 7. The van der Waals surface area contributed by atoms with Gasteiger partial charge in [-0.15, -0.1) is 0 Å². The normalized spacial score (nSPS) is 12.9. The maximum absolute atomic E-state index is 13.8. The first kappa shape index (κ1) is 40.2. The van der Waals surface area contributed by atoms with E-state index in [0.29, 0.717) is 11.3 Å². The van der Waals surface area contributed by atoms with E-state index in [9.17, 15) is 26.7 Å². The van der Waals surface area contributed by atoms with Gasteiger partial charge in [0.2, 0.25) is 0 Å². The minimum atomic E-state index is -2.35. The Labute approximate surface area is 308 Å². The second-order valence-corrected chi connectivity index (χ2v) is 18.3. The fourth-order valence-electron chi connectivity index (χ4n) is 6.24. The van der Waals surface area contributed by atoms with Crippen LogP contribution in [0.2, 0.25) is 0 Å². The Balaban J connectivity index is 0.000000233. The molecule has 1 aliphatic rings. The molecule has 0 aliphatic carbocycles. The minimum absolute atomic E-state index is 0.0139. The van der Waals surface area contributed by atoms with E-state index in [1.165, 1.54) is 67.6 Å². The van der Waals surface area contributed by atoms with Crippen molar-refractivity contribution in [3.63, 3.8) is 0 Å². The minimum Gasteiger partial charge on any atom is -0.502 e. The third-order valence-electron chi connectivity index (χ3n) is 7.96. The smallest absolute Gasteiger partial charge is 0.0146 e. The van der Waals surface area contributed by atoms with Gasteiger partial charge in [0.15, 0.2) is 0 Å². The Morgan fingerprint density at radius 1 is 0.765 bits per heavy atom. The molecule has 5 rings (SSSR count). The van der Waals surface area contributed by atoms with Crippen LogP contribution in [0.3, 0.4) is 0 Å². The number of amides is 1. The number of ether oxygens (including phenoxy) is 1. The molecular formula is C38H39Cl2F5N3O2Ru-. The average molecular weight is 837 g/mol. The van der Waals surface area contributed by atoms with Crippen molar-refractivity contribution in [2.45, 2.75) is 61.5 Å². The van der Waals surface area contributed by atoms with Crippen LogP contribution in [0.15, 0.2) is 42.5 Å². The van der Waals surface area contributed by atoms with Crippen LogP contribution in [-0.4, -0.2) is 29.7 Å². The van der Waals surface area contributed by atoms with Crippen molar-refractivity contribution in [3.8, 4) is 5.75 Å². The monoisotopic (exact) mass is 836 g/mol. The molecule has 5 nitrogen and oxygen atoms in total. The van der Waals surface area contributed by atoms with E-state index in [4.69, 9.17) is 24.1 Å². The van der Waals surface area contributed by atoms with Gasteiger partial charge in [-0.1, -0.05) is 35.4 Å². The van der Waals surface area contributed by atoms with Gasteiger partial charge >= 0.3 is 170 Å². The summed E-state index contributed by atoms with van der Waals surface area (Å²) in [4.78, 5) is 16.9. The first-order valence-electron chi connectivity index (χ1n) is 15.9. The van der Waals surface area contributed by atoms with Crippen molar-refractivity contribution < 1.29 is 45.0 Å². The Morgan fingerprint density at radius 3 is 1.61 bits per heavy atom. The van der Waals surface area contributed by atoms with Crippen LogP contribution in [0.5, 0.6) is 5.75 Å². The number of nitrogens with zero attached hydrogens (tertiary/aromatic N) is 2. The number of aryl methyl sites for hydroxylation is 6. The van der Waals surface area contributed by atoms with E-state index in [0.717, 1.165) is 13.1 Å². The topological polar surface area (TPSA) is 44.8 Å². The van der Waals surface area contributed by atoms with E-state index in [2.05, 4.69) is 87.6 Å². The van der Waals surface area contributed by atoms with Gasteiger partial charge in [-0.25, -0.2) is 0 Å². The molecule has 0 unspecified atom stereocenters. The van der Waals surface area contributed by atoms with Crippen LogP contribution in [0.4, 0.5) is 39.0 Å². The second-order valence-electron chi connectivity index (χ2n) is 12.6. The van der Waals surface area contributed by atoms with E-state index in [1.807, 2.05) is 0 Å². The Bertz CT molecular complexity index is 1860. The Kier molecular flexibility index (Phi) is 13.3. The Morgan fingerprint density at radius 2 is 1.20 bits per heavy atom. The summed E-state index contributed by atoms with van der Waals surface area (Å²) in [7, 11) is 11.7. The zero-order chi connectivity index (χ0) is 37.9. The molecule has 51 heavy (non-hydrogen) atoms. The van der Waals surface area contributed by atoms with Gasteiger partial charge in [-0.05, 0) is 63.8 Å². The molecule has 0 spiro atoms. The molecule has 1 aliphatic heterocycles. The van der Waals surface area contributed by atoms with E-state index in [-0.39, 0.29) is 11.8 Å². The molecule has 0 radical (unpaired) electrons. The van der Waals surface area contributed by atoms with Crippen LogP contribution in [0, 0.1) is 77.3 Å². The average Bonchev–Trinajstić information content (AvgIpc) is 3.48. The number of halogens is 7. The van der Waals surface area contributed by atoms with Crippen molar-refractivity contribution in [1.29, 1.82) is 0 Å². The molecule has 0 saturated carbocycles. The number of carbonyl (C=O) groups excluding carboxylic acids is 1. The molecule has 1 heterocycles. The van der Waals surface area contributed by atoms with Crippen molar-refractivity contribution in [1.82, 2.24) is 0 Å². The van der Waals surface area contributed by atoms with Crippen molar-refractivity contribution in [2.24, 2.45) is 0 Å². The molecule has 0 bridgehead atoms. The standard InChI is InChI=1S/C21H27N2.C17H12F5NO2.2ClH.Ru/c1-14-9-16(3)20(17(4)10-14)22-7-8-23(13-22)21-18(5)11-15(2)12-19(21)6;1-7(2)25-10-5-4-9(6-8(10)3)23-17(24)11-12(18)14(20)16(22)15(21)13(11)19;;;/h9-13H,7-8H2,1-6H3;3-7H,1-2H3,(H,23,24);2*1H;/q-1;;;;+2/p-2. The van der Waals surface area contributed by atoms with Crippen LogP contribution < -0.4 is 19.9 Å². The summed E-state index contributed by atoms with van der Waals surface area (Å²) in [5, 5.41) is 2.09. The molecule has 1 saturated heterocycles. The predicted molar refractivity (Wildman–Crippen MR) is 194 cm³/mol. The summed E-state index contributed by atoms with van der Waals surface area (Å²) in [6.45, 7) is 21.1. The van der Waals surface area contributed by atoms with E-state index in [1.54, 1.807) is 13.8 Å². The first-order valence-corrected chi connectivity index (χ1v) is 21.4. The molecule has 4 aromatic rings. The third kappa shape index (κ3) is 9.48. The number of benzene rings is 4. The van der Waals surface area contributed by atoms with Gasteiger partial charge in [0.25, 0.3) is 0 Å². The van der Waals surface area contributed by atoms with Gasteiger partial charge < -0.3 is 9.80 Å². The van der Waals surface area contributed by atoms with E-state index < -0.39 is 54.1 Å². The summed E-state index contributed by atoms with van der Waals surface area (Å²) in [6, 6.07) is 13.3. The molecule has 1 amide bonds. The second kappa shape index (κ2) is 16.9. The molecule has 13 heteroatoms. The van der Waals surface area contributed by atoms with Crippen LogP contribution in [0.1, 0.15) is 63.1 Å². The van der Waals surface area contributed by atoms with Crippen LogP contribution >= 0.6 is 19.4 Å². The van der Waals surface area contributed by atoms with Crippen LogP contribution in [0.25, 0.3) is 0 Å². The summed E-state index contributed by atoms with van der Waals surface area (Å²) < 4.78 is 74.3. The number of nitrogens with one attached hydrogen (secondary N) is 1. The van der Waals surface area contributed by atoms with Crippen LogP contribution in [-0.2, 0) is 13.5 Å². The Hall–Kier alpha value is -3.53. The molecule has 1 N–H and O–H groups in total. The summed E-state index contributed by atoms with van der Waals surface area (Å²) in [6.07, 6.45) is -0.188. The largest absolute Gasteiger partial charge is 0.502 e. The molecule has 0 atom stereocenters. The molecule has 4 aromatic carbocycles. The fraction of sp³-hybridized carbons (Fsp3) is 0.289. The van der Waals surface area contributed by atoms with E-state index >= 15 is 0 Å². The number of carbonyl (C=O) groups is 1. The van der Waals surface area contributed by atoms with Gasteiger partial charge in [-0.3, -0.25) is 0 Å². The molecule has 0 aromatic heterocycles. The van der Waals surface area contributed by atoms with Gasteiger partial charge in [0.1, 0.15) is 0 Å². The summed E-state index contributed by atoms with van der Waals surface area (Å²) in [5.74, 6) is -12.3. The maximum Gasteiger partial charge on any atom is 0.0146 e. The molecule has 276 valence electrons. The number of hydrogen-bond acceptors (Lipinski definition) is 4. The molecular weight excluding hydrogens is 797 g/mol. The van der Waals surface area contributed by atoms with Crippen molar-refractivity contribution in [2.75, 3.05) is 28.2 Å². The molecule has 1 fully saturated rings. The zero-order valence-electron chi connectivity index (χ0n) is 29.4. The summed E-state index contributed by atoms with van der Waals surface area (Å²) >= 11 is -2.30. The van der Waals surface area contributed by atoms with Crippen molar-refractivity contribution in [3.05, 3.63) is 123 Å². The van der Waals surface area contributed by atoms with Gasteiger partial charge in [0, 0.05) is 24.5 Å².